The van der Waals surface area contributed by atoms with Crippen LogP contribution in [-0.4, -0.2) is 30.2 Å². The van der Waals surface area contributed by atoms with Gasteiger partial charge in [0, 0.05) is 11.3 Å². The van der Waals surface area contributed by atoms with E-state index in [4.69, 9.17) is 4.42 Å². The molecule has 0 fully saturated rings. The molecule has 3 N–H and O–H groups in total. The molecule has 162 valence electrons. The fourth-order valence-corrected chi connectivity index (χ4v) is 2.62. The fourth-order valence-electron chi connectivity index (χ4n) is 2.62. The van der Waals surface area contributed by atoms with Crippen LogP contribution in [0, 0.1) is 0 Å². The molecule has 0 atom stereocenters. The number of amides is 3. The van der Waals surface area contributed by atoms with Crippen LogP contribution in [0.3, 0.4) is 0 Å². The minimum atomic E-state index is -1.41. The molecule has 1 aromatic heterocycles. The lowest BCUT2D eigenvalue weighted by Gasteiger charge is -2.11. The van der Waals surface area contributed by atoms with E-state index >= 15 is 0 Å². The molecule has 0 spiro atoms. The summed E-state index contributed by atoms with van der Waals surface area (Å²) in [6.45, 7) is -0.611. The minimum Gasteiger partial charge on any atom is -0.548 e. The largest absolute Gasteiger partial charge is 0.548 e. The van der Waals surface area contributed by atoms with Crippen molar-refractivity contribution >= 4 is 35.5 Å². The summed E-state index contributed by atoms with van der Waals surface area (Å²) in [5, 5.41) is 17.8. The molecule has 2 aromatic carbocycles. The van der Waals surface area contributed by atoms with Crippen LogP contribution in [-0.2, 0) is 9.59 Å². The van der Waals surface area contributed by atoms with Crippen LogP contribution in [0.15, 0.2) is 83.1 Å². The van der Waals surface area contributed by atoms with Gasteiger partial charge in [-0.15, -0.1) is 0 Å². The summed E-state index contributed by atoms with van der Waals surface area (Å²) in [6.07, 6.45) is 2.86. The van der Waals surface area contributed by atoms with E-state index in [2.05, 4.69) is 16.0 Å². The number of aliphatic carboxylic acids is 1. The molecule has 9 nitrogen and oxygen atoms in total. The zero-order chi connectivity index (χ0) is 22.9. The molecule has 9 heteroatoms. The number of rotatable bonds is 8. The molecule has 3 rings (SSSR count). The maximum atomic E-state index is 12.8. The van der Waals surface area contributed by atoms with Gasteiger partial charge in [0.05, 0.1) is 18.8 Å². The van der Waals surface area contributed by atoms with Crippen LogP contribution >= 0.6 is 0 Å². The van der Waals surface area contributed by atoms with Crippen LogP contribution in [0.4, 0.5) is 5.69 Å². The van der Waals surface area contributed by atoms with Gasteiger partial charge in [0.25, 0.3) is 17.7 Å². The van der Waals surface area contributed by atoms with E-state index in [9.17, 15) is 24.3 Å². The summed E-state index contributed by atoms with van der Waals surface area (Å²) in [7, 11) is 0. The van der Waals surface area contributed by atoms with Gasteiger partial charge in [0.15, 0.2) is 5.76 Å². The molecule has 0 unspecified atom stereocenters. The van der Waals surface area contributed by atoms with Crippen molar-refractivity contribution in [1.82, 2.24) is 10.6 Å². The molecular formula is C23H18N3O6-. The zero-order valence-corrected chi connectivity index (χ0v) is 16.7. The number of furan rings is 1. The lowest BCUT2D eigenvalue weighted by atomic mass is 10.1. The summed E-state index contributed by atoms with van der Waals surface area (Å²) in [5.41, 5.74) is 1.23. The second kappa shape index (κ2) is 10.4. The molecule has 3 aromatic rings. The average Bonchev–Trinajstić information content (AvgIpc) is 3.33. The van der Waals surface area contributed by atoms with Crippen LogP contribution in [0.2, 0.25) is 0 Å². The first kappa shape index (κ1) is 22.0. The number of anilines is 1. The molecule has 0 saturated heterocycles. The van der Waals surface area contributed by atoms with Gasteiger partial charge in [-0.1, -0.05) is 30.3 Å². The zero-order valence-electron chi connectivity index (χ0n) is 16.7. The Bertz CT molecular complexity index is 1140. The highest BCUT2D eigenvalue weighted by Gasteiger charge is 2.17. The van der Waals surface area contributed by atoms with Crippen molar-refractivity contribution in [3.05, 3.63) is 95.6 Å². The topological polar surface area (TPSA) is 141 Å². The smallest absolute Gasteiger partial charge is 0.291 e. The Labute approximate surface area is 182 Å². The molecule has 3 amide bonds. The Kier molecular flexibility index (Phi) is 7.16. The highest BCUT2D eigenvalue weighted by Crippen LogP contribution is 2.13. The van der Waals surface area contributed by atoms with Crippen molar-refractivity contribution in [2.45, 2.75) is 0 Å². The molecular weight excluding hydrogens is 414 g/mol. The van der Waals surface area contributed by atoms with E-state index in [1.807, 2.05) is 6.07 Å². The third kappa shape index (κ3) is 6.17. The highest BCUT2D eigenvalue weighted by molar-refractivity contribution is 6.10. The number of carboxylic acids is 1. The predicted molar refractivity (Wildman–Crippen MR) is 113 cm³/mol. The summed E-state index contributed by atoms with van der Waals surface area (Å²) < 4.78 is 5.07. The summed E-state index contributed by atoms with van der Waals surface area (Å²) in [4.78, 5) is 47.5. The molecule has 1 heterocycles. The van der Waals surface area contributed by atoms with Gasteiger partial charge in [0.2, 0.25) is 0 Å². The minimum absolute atomic E-state index is 0.0200. The number of carboxylic acid groups (broad SMARTS) is 1. The third-order valence-corrected chi connectivity index (χ3v) is 4.15. The Balaban J connectivity index is 1.74. The number of hydrogen-bond acceptors (Lipinski definition) is 6. The monoisotopic (exact) mass is 432 g/mol. The second-order valence-electron chi connectivity index (χ2n) is 6.49. The van der Waals surface area contributed by atoms with Gasteiger partial charge in [0.1, 0.15) is 5.70 Å². The van der Waals surface area contributed by atoms with Crippen LogP contribution in [0.25, 0.3) is 6.08 Å². The Morgan fingerprint density at radius 1 is 0.875 bits per heavy atom. The van der Waals surface area contributed by atoms with E-state index in [0.29, 0.717) is 11.3 Å². The van der Waals surface area contributed by atoms with Crippen molar-refractivity contribution in [2.24, 2.45) is 0 Å². The van der Waals surface area contributed by atoms with E-state index < -0.39 is 30.2 Å². The molecule has 0 aliphatic rings. The molecule has 0 saturated carbocycles. The number of nitrogens with one attached hydrogen (secondary N) is 3. The molecule has 0 radical (unpaired) electrons. The highest BCUT2D eigenvalue weighted by atomic mass is 16.4. The van der Waals surface area contributed by atoms with Crippen molar-refractivity contribution in [2.75, 3.05) is 11.9 Å². The lowest BCUT2D eigenvalue weighted by molar-refractivity contribution is -0.303. The van der Waals surface area contributed by atoms with E-state index in [-0.39, 0.29) is 17.0 Å². The lowest BCUT2D eigenvalue weighted by Crippen LogP contribution is -2.37. The van der Waals surface area contributed by atoms with Crippen molar-refractivity contribution < 1.29 is 28.7 Å². The second-order valence-corrected chi connectivity index (χ2v) is 6.49. The molecule has 0 bridgehead atoms. The van der Waals surface area contributed by atoms with Crippen molar-refractivity contribution in [1.29, 1.82) is 0 Å². The standard InChI is InChI=1S/C23H19N3O6/c27-20(28)14-24-21(29)16-8-10-17(11-9-16)25-22(30)18(13-15-5-2-1-3-6-15)26-23(31)19-7-4-12-32-19/h1-13H,14H2,(H,24,29)(H,25,30)(H,26,31)(H,27,28)/p-1/b18-13-. The first-order valence-electron chi connectivity index (χ1n) is 9.43. The molecule has 0 aliphatic heterocycles. The normalized spacial score (nSPS) is 10.8. The molecule has 32 heavy (non-hydrogen) atoms. The van der Waals surface area contributed by atoms with Crippen molar-refractivity contribution in [3.63, 3.8) is 0 Å². The Morgan fingerprint density at radius 2 is 1.59 bits per heavy atom. The van der Waals surface area contributed by atoms with Gasteiger partial charge >= 0.3 is 0 Å². The predicted octanol–water partition coefficient (Wildman–Crippen LogP) is 1.17. The van der Waals surface area contributed by atoms with E-state index in [1.165, 1.54) is 42.7 Å². The van der Waals surface area contributed by atoms with Crippen LogP contribution in [0.5, 0.6) is 0 Å². The average molecular weight is 432 g/mol. The maximum Gasteiger partial charge on any atom is 0.291 e. The maximum absolute atomic E-state index is 12.8. The summed E-state index contributed by atoms with van der Waals surface area (Å²) in [5.74, 6) is -3.14. The van der Waals surface area contributed by atoms with Gasteiger partial charge in [-0.25, -0.2) is 0 Å². The summed E-state index contributed by atoms with van der Waals surface area (Å²) >= 11 is 0. The van der Waals surface area contributed by atoms with Gasteiger partial charge in [-0.2, -0.15) is 0 Å². The first-order valence-corrected chi connectivity index (χ1v) is 9.43. The van der Waals surface area contributed by atoms with Gasteiger partial charge < -0.3 is 30.3 Å². The van der Waals surface area contributed by atoms with E-state index in [0.717, 1.165) is 0 Å². The Morgan fingerprint density at radius 3 is 2.22 bits per heavy atom. The number of carbonyl (C=O) groups is 4. The van der Waals surface area contributed by atoms with Crippen LogP contribution < -0.4 is 21.1 Å². The van der Waals surface area contributed by atoms with Crippen molar-refractivity contribution in [3.8, 4) is 0 Å². The summed E-state index contributed by atoms with van der Waals surface area (Å²) in [6, 6.07) is 17.8. The third-order valence-electron chi connectivity index (χ3n) is 4.15. The quantitative estimate of drug-likeness (QED) is 0.457. The van der Waals surface area contributed by atoms with Gasteiger partial charge in [-0.3, -0.25) is 14.4 Å². The van der Waals surface area contributed by atoms with E-state index in [1.54, 1.807) is 30.3 Å². The Hall–Kier alpha value is -4.66. The van der Waals surface area contributed by atoms with Crippen LogP contribution in [0.1, 0.15) is 26.5 Å². The first-order chi connectivity index (χ1) is 15.4. The number of carbonyl (C=O) groups excluding carboxylic acids is 4. The number of hydrogen-bond donors (Lipinski definition) is 3. The molecule has 0 aliphatic carbocycles. The fraction of sp³-hybridized carbons (Fsp3) is 0.0435. The van der Waals surface area contributed by atoms with Gasteiger partial charge in [-0.05, 0) is 48.0 Å². The SMILES string of the molecule is O=C([O-])CNC(=O)c1ccc(NC(=O)/C(=C/c2ccccc2)NC(=O)c2ccco2)cc1. The number of benzene rings is 2.